The van der Waals surface area contributed by atoms with Crippen molar-refractivity contribution >= 4 is 51.1 Å². The van der Waals surface area contributed by atoms with Crippen LogP contribution in [0.25, 0.3) is 0 Å². The number of benzene rings is 2. The van der Waals surface area contributed by atoms with Crippen molar-refractivity contribution in [3.8, 4) is 0 Å². The average Bonchev–Trinajstić information content (AvgIpc) is 2.81. The Morgan fingerprint density at radius 3 is 2.41 bits per heavy atom. The lowest BCUT2D eigenvalue weighted by atomic mass is 9.93. The summed E-state index contributed by atoms with van der Waals surface area (Å²) in [5.41, 5.74) is 0.783. The zero-order valence-electron chi connectivity index (χ0n) is 19.7. The average molecular weight is 551 g/mol. The molecule has 184 valence electrons. The number of hydrogen-bond acceptors (Lipinski definition) is 5. The van der Waals surface area contributed by atoms with E-state index in [-0.39, 0.29) is 43.0 Å². The molecule has 0 radical (unpaired) electrons. The van der Waals surface area contributed by atoms with Crippen molar-refractivity contribution in [3.63, 3.8) is 0 Å². The van der Waals surface area contributed by atoms with Crippen LogP contribution in [0.4, 0.5) is 5.69 Å². The minimum atomic E-state index is -0.583. The van der Waals surface area contributed by atoms with E-state index < -0.39 is 11.8 Å². The molecule has 0 unspecified atom stereocenters. The molecule has 0 fully saturated rings. The van der Waals surface area contributed by atoms with Crippen LogP contribution in [0.1, 0.15) is 33.1 Å². The number of carbonyl (C=O) groups excluding carboxylic acids is 3. The lowest BCUT2D eigenvalue weighted by Gasteiger charge is -2.22. The largest absolute Gasteiger partial charge is 0.355 e. The second-order valence-corrected chi connectivity index (χ2v) is 10.3. The van der Waals surface area contributed by atoms with Gasteiger partial charge in [0.05, 0.1) is 5.88 Å². The van der Waals surface area contributed by atoms with Crippen molar-refractivity contribution in [1.82, 2.24) is 10.4 Å². The molecule has 34 heavy (non-hydrogen) atoms. The van der Waals surface area contributed by atoms with E-state index in [4.69, 9.17) is 0 Å². The topological polar surface area (TPSA) is 90.0 Å². The van der Waals surface area contributed by atoms with Gasteiger partial charge in [-0.3, -0.25) is 19.6 Å². The van der Waals surface area contributed by atoms with Crippen molar-refractivity contribution in [2.45, 2.75) is 38.0 Å². The van der Waals surface area contributed by atoms with Crippen LogP contribution in [0.3, 0.4) is 0 Å². The molecule has 2 N–H and O–H groups in total. The van der Waals surface area contributed by atoms with Crippen LogP contribution in [0, 0.1) is 11.8 Å². The van der Waals surface area contributed by atoms with Crippen molar-refractivity contribution in [2.24, 2.45) is 11.8 Å². The number of hydrogen-bond donors (Lipinski definition) is 2. The van der Waals surface area contributed by atoms with Gasteiger partial charge in [0.2, 0.25) is 17.7 Å². The van der Waals surface area contributed by atoms with E-state index in [0.717, 1.165) is 15.1 Å². The highest BCUT2D eigenvalue weighted by Crippen LogP contribution is 2.23. The predicted octanol–water partition coefficient (Wildman–Crippen LogP) is 4.94. The molecular formula is C25H32BrN3O4S. The number of carbonyl (C=O) groups is 3. The summed E-state index contributed by atoms with van der Waals surface area (Å²) in [5, 5.41) is 13.6. The Morgan fingerprint density at radius 2 is 1.76 bits per heavy atom. The Bertz CT molecular complexity index is 958. The zero-order chi connectivity index (χ0) is 25.1. The molecule has 2 rings (SSSR count). The number of nitrogens with zero attached hydrogens (tertiary/aromatic N) is 2. The molecule has 7 nitrogen and oxygen atoms in total. The van der Waals surface area contributed by atoms with Gasteiger partial charge in [0.15, 0.2) is 0 Å². The lowest BCUT2D eigenvalue weighted by Crippen LogP contribution is -2.38. The van der Waals surface area contributed by atoms with Gasteiger partial charge in [0, 0.05) is 47.4 Å². The van der Waals surface area contributed by atoms with Gasteiger partial charge in [0.25, 0.3) is 0 Å². The highest BCUT2D eigenvalue weighted by molar-refractivity contribution is 9.10. The first kappa shape index (κ1) is 27.9. The van der Waals surface area contributed by atoms with Crippen molar-refractivity contribution in [2.75, 3.05) is 24.4 Å². The van der Waals surface area contributed by atoms with Crippen LogP contribution >= 0.6 is 27.7 Å². The van der Waals surface area contributed by atoms with Crippen molar-refractivity contribution in [1.29, 1.82) is 0 Å². The molecule has 3 amide bonds. The molecule has 0 aliphatic heterocycles. The number of thioether (sulfide) groups is 1. The number of hydroxylamine groups is 2. The molecule has 0 spiro atoms. The van der Waals surface area contributed by atoms with Crippen LogP contribution in [0.2, 0.25) is 0 Å². The number of rotatable bonds is 12. The molecule has 0 aliphatic carbocycles. The van der Waals surface area contributed by atoms with Gasteiger partial charge in [0.1, 0.15) is 0 Å². The van der Waals surface area contributed by atoms with Gasteiger partial charge in [-0.05, 0) is 42.7 Å². The maximum atomic E-state index is 12.8. The van der Waals surface area contributed by atoms with Crippen LogP contribution in [-0.2, 0) is 14.4 Å². The van der Waals surface area contributed by atoms with E-state index in [0.29, 0.717) is 11.5 Å². The first-order valence-corrected chi connectivity index (χ1v) is 12.9. The fourth-order valence-corrected chi connectivity index (χ4v) is 4.68. The molecule has 0 aromatic heterocycles. The number of amides is 3. The van der Waals surface area contributed by atoms with Gasteiger partial charge in [-0.15, -0.1) is 11.8 Å². The summed E-state index contributed by atoms with van der Waals surface area (Å²) < 4.78 is 0.912. The van der Waals surface area contributed by atoms with E-state index in [2.05, 4.69) is 21.2 Å². The highest BCUT2D eigenvalue weighted by atomic mass is 79.9. The van der Waals surface area contributed by atoms with E-state index in [1.165, 1.54) is 11.8 Å². The maximum Gasteiger partial charge on any atom is 0.247 e. The third-order valence-electron chi connectivity index (χ3n) is 5.14. The molecule has 0 aliphatic rings. The second-order valence-electron chi connectivity index (χ2n) is 8.38. The summed E-state index contributed by atoms with van der Waals surface area (Å²) in [4.78, 5) is 40.2. The molecule has 2 aromatic carbocycles. The Kier molecular flexibility index (Phi) is 11.6. The summed E-state index contributed by atoms with van der Waals surface area (Å²) in [6.45, 7) is 4.13. The zero-order valence-corrected chi connectivity index (χ0v) is 22.1. The van der Waals surface area contributed by atoms with Crippen molar-refractivity contribution in [3.05, 3.63) is 59.1 Å². The summed E-state index contributed by atoms with van der Waals surface area (Å²) in [6.07, 6.45) is 0.550. The summed E-state index contributed by atoms with van der Waals surface area (Å²) in [6, 6.07) is 16.8. The maximum absolute atomic E-state index is 12.8. The monoisotopic (exact) mass is 549 g/mol. The normalized spacial score (nSPS) is 11.7. The molecule has 0 saturated carbocycles. The fraction of sp³-hybridized carbons (Fsp3) is 0.400. The van der Waals surface area contributed by atoms with Gasteiger partial charge in [-0.2, -0.15) is 0 Å². The van der Waals surface area contributed by atoms with Gasteiger partial charge >= 0.3 is 0 Å². The molecule has 2 aromatic rings. The summed E-state index contributed by atoms with van der Waals surface area (Å²) in [7, 11) is 1.70. The molecular weight excluding hydrogens is 518 g/mol. The van der Waals surface area contributed by atoms with Gasteiger partial charge < -0.3 is 10.2 Å². The number of halogens is 1. The Balaban J connectivity index is 1.85. The van der Waals surface area contributed by atoms with Crippen LogP contribution in [0.5, 0.6) is 0 Å². The molecule has 0 saturated heterocycles. The van der Waals surface area contributed by atoms with Crippen LogP contribution in [-0.4, -0.2) is 47.5 Å². The molecule has 9 heteroatoms. The van der Waals surface area contributed by atoms with E-state index in [1.807, 2.05) is 68.4 Å². The quantitative estimate of drug-likeness (QED) is 0.169. The Morgan fingerprint density at radius 1 is 1.06 bits per heavy atom. The number of anilines is 1. The standard InChI is InChI=1S/C25H32BrN3O4S/c1-18(2)14-19(15-24(31)29(33)17-34-22-11-7-8-20(26)16-22)25(32)27-13-12-23(30)28(3)21-9-5-4-6-10-21/h4-11,16,18-19,33H,12-15,17H2,1-3H3,(H,27,32)/t19-/m1/s1. The first-order chi connectivity index (χ1) is 16.2. The fourth-order valence-electron chi connectivity index (χ4n) is 3.33. The van der Waals surface area contributed by atoms with E-state index >= 15 is 0 Å². The highest BCUT2D eigenvalue weighted by Gasteiger charge is 2.25. The predicted molar refractivity (Wildman–Crippen MR) is 139 cm³/mol. The minimum Gasteiger partial charge on any atom is -0.355 e. The minimum absolute atomic E-state index is 0.0611. The SMILES string of the molecule is CC(C)C[C@H](CC(=O)N(O)CSc1cccc(Br)c1)C(=O)NCCC(=O)N(C)c1ccccc1. The van der Waals surface area contributed by atoms with Crippen LogP contribution < -0.4 is 10.2 Å². The number of para-hydroxylation sites is 1. The Hall–Kier alpha value is -2.36. The van der Waals surface area contributed by atoms with E-state index in [9.17, 15) is 19.6 Å². The Labute approximate surface area is 214 Å². The lowest BCUT2D eigenvalue weighted by molar-refractivity contribution is -0.163. The number of nitrogens with one attached hydrogen (secondary N) is 1. The van der Waals surface area contributed by atoms with Crippen molar-refractivity contribution < 1.29 is 19.6 Å². The van der Waals surface area contributed by atoms with Gasteiger partial charge in [-0.25, -0.2) is 5.06 Å². The second kappa shape index (κ2) is 14.1. The summed E-state index contributed by atoms with van der Waals surface area (Å²) in [5.74, 6) is -1.24. The third kappa shape index (κ3) is 9.48. The first-order valence-electron chi connectivity index (χ1n) is 11.1. The van der Waals surface area contributed by atoms with E-state index in [1.54, 1.807) is 11.9 Å². The smallest absolute Gasteiger partial charge is 0.247 e. The molecule has 1 atom stereocenters. The molecule has 0 heterocycles. The summed E-state index contributed by atoms with van der Waals surface area (Å²) >= 11 is 4.71. The van der Waals surface area contributed by atoms with Gasteiger partial charge in [-0.1, -0.05) is 54.0 Å². The molecule has 0 bridgehead atoms. The van der Waals surface area contributed by atoms with Crippen LogP contribution in [0.15, 0.2) is 64.0 Å². The third-order valence-corrected chi connectivity index (χ3v) is 6.60.